The van der Waals surface area contributed by atoms with Crippen LogP contribution < -0.4 is 15.0 Å². The molecule has 1 N–H and O–H groups in total. The van der Waals surface area contributed by atoms with Gasteiger partial charge >= 0.3 is 0 Å². The van der Waals surface area contributed by atoms with E-state index in [0.717, 1.165) is 54.8 Å². The van der Waals surface area contributed by atoms with Crippen molar-refractivity contribution in [3.05, 3.63) is 30.1 Å². The van der Waals surface area contributed by atoms with Crippen molar-refractivity contribution in [3.63, 3.8) is 0 Å². The number of allylic oxidation sites excluding steroid dienone is 1. The number of anilines is 2. The van der Waals surface area contributed by atoms with E-state index < -0.39 is 0 Å². The first-order valence-electron chi connectivity index (χ1n) is 12.6. The minimum Gasteiger partial charge on any atom is -0.489 e. The van der Waals surface area contributed by atoms with E-state index in [1.165, 1.54) is 18.5 Å². The van der Waals surface area contributed by atoms with Gasteiger partial charge < -0.3 is 19.9 Å². The van der Waals surface area contributed by atoms with Crippen LogP contribution >= 0.6 is 0 Å². The van der Waals surface area contributed by atoms with Crippen molar-refractivity contribution < 1.29 is 9.53 Å². The molecule has 2 rings (SSSR count). The zero-order valence-corrected chi connectivity index (χ0v) is 21.8. The first kappa shape index (κ1) is 26.7. The average Bonchev–Trinajstić information content (AvgIpc) is 2.78. The molecule has 1 amide bonds. The number of amidine groups is 1. The minimum absolute atomic E-state index is 0.0775. The summed E-state index contributed by atoms with van der Waals surface area (Å²) in [6.07, 6.45) is 6.51. The number of benzene rings is 1. The van der Waals surface area contributed by atoms with Crippen molar-refractivity contribution in [2.45, 2.75) is 86.7 Å². The average molecular weight is 457 g/mol. The maximum atomic E-state index is 12.4. The van der Waals surface area contributed by atoms with E-state index in [2.05, 4.69) is 47.3 Å². The third-order valence-electron chi connectivity index (χ3n) is 5.99. The largest absolute Gasteiger partial charge is 0.489 e. The summed E-state index contributed by atoms with van der Waals surface area (Å²) in [5.74, 6) is 2.55. The Morgan fingerprint density at radius 3 is 2.55 bits per heavy atom. The smallest absolute Gasteiger partial charge is 0.226 e. The third kappa shape index (κ3) is 8.09. The number of ether oxygens (including phenoxy) is 1. The molecule has 1 aliphatic rings. The Hall–Kier alpha value is -2.50. The Morgan fingerprint density at radius 2 is 1.97 bits per heavy atom. The monoisotopic (exact) mass is 456 g/mol. The molecule has 0 atom stereocenters. The first-order chi connectivity index (χ1) is 15.8. The summed E-state index contributed by atoms with van der Waals surface area (Å²) in [5, 5.41) is 3.40. The van der Waals surface area contributed by atoms with Gasteiger partial charge in [-0.05, 0) is 71.4 Å². The van der Waals surface area contributed by atoms with Gasteiger partial charge in [0.05, 0.1) is 11.8 Å². The topological polar surface area (TPSA) is 57.2 Å². The number of hydrogen-bond acceptors (Lipinski definition) is 4. The number of rotatable bonds is 10. The molecule has 0 aromatic heterocycles. The van der Waals surface area contributed by atoms with E-state index in [4.69, 9.17) is 4.74 Å². The fourth-order valence-electron chi connectivity index (χ4n) is 4.07. The van der Waals surface area contributed by atoms with Crippen LogP contribution in [0.15, 0.2) is 35.1 Å². The van der Waals surface area contributed by atoms with Crippen LogP contribution in [0.25, 0.3) is 0 Å². The maximum Gasteiger partial charge on any atom is 0.226 e. The Morgan fingerprint density at radius 1 is 1.27 bits per heavy atom. The molecule has 0 unspecified atom stereocenters. The molecule has 1 fully saturated rings. The second-order valence-corrected chi connectivity index (χ2v) is 9.22. The molecule has 1 aromatic rings. The van der Waals surface area contributed by atoms with Crippen LogP contribution in [0.5, 0.6) is 5.75 Å². The van der Waals surface area contributed by atoms with Gasteiger partial charge in [0, 0.05) is 49.7 Å². The molecule has 0 spiro atoms. The van der Waals surface area contributed by atoms with E-state index in [9.17, 15) is 4.79 Å². The molecule has 184 valence electrons. The molecule has 1 saturated heterocycles. The number of nitrogens with zero attached hydrogens (tertiary/aromatic N) is 3. The highest BCUT2D eigenvalue weighted by Gasteiger charge is 2.18. The second-order valence-electron chi connectivity index (χ2n) is 9.22. The van der Waals surface area contributed by atoms with Gasteiger partial charge in [-0.1, -0.05) is 20.8 Å². The minimum atomic E-state index is 0.0775. The van der Waals surface area contributed by atoms with Crippen LogP contribution in [0, 0.1) is 5.92 Å². The highest BCUT2D eigenvalue weighted by Crippen LogP contribution is 2.33. The van der Waals surface area contributed by atoms with Crippen molar-refractivity contribution in [1.29, 1.82) is 0 Å². The summed E-state index contributed by atoms with van der Waals surface area (Å²) < 4.78 is 6.15. The molecule has 0 bridgehead atoms. The van der Waals surface area contributed by atoms with Gasteiger partial charge in [-0.25, -0.2) is 4.99 Å². The zero-order valence-electron chi connectivity index (χ0n) is 21.8. The number of aliphatic imine (C=N–C) groups is 1. The van der Waals surface area contributed by atoms with Crippen molar-refractivity contribution >= 4 is 23.1 Å². The number of nitrogens with one attached hydrogen (secondary N) is 1. The van der Waals surface area contributed by atoms with Crippen LogP contribution in [0.1, 0.15) is 80.6 Å². The van der Waals surface area contributed by atoms with Gasteiger partial charge in [-0.15, -0.1) is 0 Å². The van der Waals surface area contributed by atoms with Crippen LogP contribution in [-0.2, 0) is 4.79 Å². The number of hydrogen-bond donors (Lipinski definition) is 1. The van der Waals surface area contributed by atoms with E-state index in [1.54, 1.807) is 0 Å². The van der Waals surface area contributed by atoms with Gasteiger partial charge in [-0.3, -0.25) is 4.79 Å². The molecule has 6 heteroatoms. The quantitative estimate of drug-likeness (QED) is 0.325. The summed E-state index contributed by atoms with van der Waals surface area (Å²) in [6.45, 7) is 17.3. The molecule has 0 radical (unpaired) electrons. The Bertz CT molecular complexity index is 823. The standard InChI is InChI=1S/C27H44N4O2/c1-8-11-27(32)31(10-3)23(9-2)19-28-22(7)29-25-13-12-24(18-26(25)33-20(4)5)30-16-14-21(6)15-17-30/h12-13,18-21H,8-11,14-17H2,1-7H3,(H,28,29)/b23-19+. The van der Waals surface area contributed by atoms with Crippen LogP contribution in [0.4, 0.5) is 11.4 Å². The van der Waals surface area contributed by atoms with Gasteiger partial charge in [-0.2, -0.15) is 0 Å². The number of carbonyl (C=O) groups is 1. The van der Waals surface area contributed by atoms with Crippen LogP contribution in [0.2, 0.25) is 0 Å². The van der Waals surface area contributed by atoms with E-state index >= 15 is 0 Å². The second kappa shape index (κ2) is 13.3. The van der Waals surface area contributed by atoms with Crippen molar-refractivity contribution in [2.75, 3.05) is 29.9 Å². The first-order valence-corrected chi connectivity index (χ1v) is 12.6. The van der Waals surface area contributed by atoms with Crippen molar-refractivity contribution in [1.82, 2.24) is 4.90 Å². The Kier molecular flexibility index (Phi) is 10.8. The lowest BCUT2D eigenvalue weighted by atomic mass is 9.99. The third-order valence-corrected chi connectivity index (χ3v) is 5.99. The Labute approximate surface area is 201 Å². The summed E-state index contributed by atoms with van der Waals surface area (Å²) in [4.78, 5) is 21.3. The molecule has 0 saturated carbocycles. The summed E-state index contributed by atoms with van der Waals surface area (Å²) >= 11 is 0. The Balaban J connectivity index is 2.21. The molecular formula is C27H44N4O2. The van der Waals surface area contributed by atoms with Crippen LogP contribution in [-0.4, -0.2) is 42.4 Å². The van der Waals surface area contributed by atoms with Gasteiger partial charge in [0.2, 0.25) is 5.91 Å². The number of amides is 1. The highest BCUT2D eigenvalue weighted by atomic mass is 16.5. The maximum absolute atomic E-state index is 12.4. The number of piperidine rings is 1. The summed E-state index contributed by atoms with van der Waals surface area (Å²) in [7, 11) is 0. The van der Waals surface area contributed by atoms with Gasteiger partial charge in [0.25, 0.3) is 0 Å². The number of carbonyl (C=O) groups excluding carboxylic acids is 1. The molecule has 1 aromatic carbocycles. The van der Waals surface area contributed by atoms with Crippen LogP contribution in [0.3, 0.4) is 0 Å². The summed E-state index contributed by atoms with van der Waals surface area (Å²) in [5.41, 5.74) is 3.05. The van der Waals surface area contributed by atoms with Gasteiger partial charge in [0.1, 0.15) is 11.6 Å². The zero-order chi connectivity index (χ0) is 24.4. The lowest BCUT2D eigenvalue weighted by Crippen LogP contribution is -2.32. The fraction of sp³-hybridized carbons (Fsp3) is 0.630. The molecular weight excluding hydrogens is 412 g/mol. The molecule has 0 aliphatic carbocycles. The SMILES string of the molecule is CCCC(=O)N(CC)/C(=C/N=C(\C)Nc1ccc(N2CCC(C)CC2)cc1OC(C)C)CC. The lowest BCUT2D eigenvalue weighted by Gasteiger charge is -2.32. The molecule has 6 nitrogen and oxygen atoms in total. The molecule has 1 aliphatic heterocycles. The summed E-state index contributed by atoms with van der Waals surface area (Å²) in [6, 6.07) is 6.38. The van der Waals surface area contributed by atoms with Crippen molar-refractivity contribution in [3.8, 4) is 5.75 Å². The van der Waals surface area contributed by atoms with E-state index in [1.807, 2.05) is 45.7 Å². The predicted octanol–water partition coefficient (Wildman–Crippen LogP) is 6.44. The van der Waals surface area contributed by atoms with E-state index in [-0.39, 0.29) is 12.0 Å². The predicted molar refractivity (Wildman–Crippen MR) is 140 cm³/mol. The lowest BCUT2D eigenvalue weighted by molar-refractivity contribution is -0.129. The van der Waals surface area contributed by atoms with Gasteiger partial charge in [0.15, 0.2) is 0 Å². The molecule has 1 heterocycles. The normalized spacial score (nSPS) is 15.7. The highest BCUT2D eigenvalue weighted by molar-refractivity contribution is 5.95. The molecule has 33 heavy (non-hydrogen) atoms. The van der Waals surface area contributed by atoms with Crippen molar-refractivity contribution in [2.24, 2.45) is 10.9 Å². The fourth-order valence-corrected chi connectivity index (χ4v) is 4.07. The van der Waals surface area contributed by atoms with E-state index in [0.29, 0.717) is 13.0 Å².